The summed E-state index contributed by atoms with van der Waals surface area (Å²) >= 11 is 7.67. The Balaban J connectivity index is 5.17. The molecule has 0 aromatic carbocycles. The minimum absolute atomic E-state index is 0.0598. The summed E-state index contributed by atoms with van der Waals surface area (Å²) in [6.45, 7) is -1.05. The standard InChI is InChI=1S/FH12IP14S/c1-8-14(10-17)16(13(7)9-2)15(11(3)4)12(5)6/h8-9H,3-7H2. The SMILES string of the molecule is FPP(P=S)P(P(P)PI)P(P(P)P)P(P)P. The number of hydrogen-bond acceptors (Lipinski definition) is 1. The summed E-state index contributed by atoms with van der Waals surface area (Å²) in [5.74, 6) is 0.919. The van der Waals surface area contributed by atoms with E-state index in [1.165, 1.54) is 0 Å². The topological polar surface area (TPSA) is 0 Å². The highest BCUT2D eigenvalue weighted by Crippen LogP contribution is 3.23. The lowest BCUT2D eigenvalue weighted by Crippen LogP contribution is -1.51. The maximum Gasteiger partial charge on any atom is 0.106 e. The van der Waals surface area contributed by atoms with Crippen LogP contribution in [-0.4, -0.2) is 0 Å². The first-order chi connectivity index (χ1) is 7.90. The predicted octanol–water partition coefficient (Wildman–Crippen LogP) is 10.1. The van der Waals surface area contributed by atoms with Crippen LogP contribution in [-0.2, 0) is 11.8 Å². The van der Waals surface area contributed by atoms with Crippen LogP contribution in [0.2, 0.25) is 0 Å². The van der Waals surface area contributed by atoms with Crippen molar-refractivity contribution in [3.05, 3.63) is 0 Å². The first-order valence-electron chi connectivity index (χ1n) is 3.50. The molecule has 0 aliphatic heterocycles. The zero-order valence-electron chi connectivity index (χ0n) is 8.18. The van der Waals surface area contributed by atoms with Crippen molar-refractivity contribution < 1.29 is 4.20 Å². The second kappa shape index (κ2) is 14.0. The molecule has 0 aliphatic rings. The summed E-state index contributed by atoms with van der Waals surface area (Å²) in [5.41, 5.74) is 0. The molecule has 0 radical (unpaired) electrons. The fourth-order valence-corrected chi connectivity index (χ4v) is 166. The van der Waals surface area contributed by atoms with Crippen LogP contribution in [0.3, 0.4) is 0 Å². The normalized spacial score (nSPS) is 19.4. The van der Waals surface area contributed by atoms with Crippen molar-refractivity contribution in [3.63, 3.8) is 0 Å². The lowest BCUT2D eigenvalue weighted by molar-refractivity contribution is 0.936. The van der Waals surface area contributed by atoms with Gasteiger partial charge in [-0.05, 0) is 33.9 Å². The van der Waals surface area contributed by atoms with Crippen molar-refractivity contribution in [2.45, 2.75) is 0 Å². The first kappa shape index (κ1) is 23.8. The van der Waals surface area contributed by atoms with Gasteiger partial charge in [0.05, 0.1) is 0 Å². The van der Waals surface area contributed by atoms with Crippen LogP contribution < -0.4 is 0 Å². The monoisotopic (exact) mass is 624 g/mol. The van der Waals surface area contributed by atoms with E-state index in [1.54, 1.807) is 0 Å². The molecule has 0 bridgehead atoms. The van der Waals surface area contributed by atoms with E-state index in [2.05, 4.69) is 66.7 Å². The van der Waals surface area contributed by atoms with E-state index in [1.807, 2.05) is 0 Å². The van der Waals surface area contributed by atoms with Crippen LogP contribution in [0.4, 0.5) is 4.20 Å². The molecule has 17 heteroatoms. The Labute approximate surface area is 144 Å². The fraction of sp³-hybridized carbons (Fsp3) is 0. The van der Waals surface area contributed by atoms with E-state index in [0.717, 1.165) is 13.0 Å². The summed E-state index contributed by atoms with van der Waals surface area (Å²) in [5, 5.41) is 0. The Bertz CT molecular complexity index is 210. The van der Waals surface area contributed by atoms with Gasteiger partial charge < -0.3 is 0 Å². The van der Waals surface area contributed by atoms with Crippen LogP contribution >= 0.6 is 130 Å². The van der Waals surface area contributed by atoms with E-state index in [0.29, 0.717) is 0 Å². The van der Waals surface area contributed by atoms with Gasteiger partial charge in [0, 0.05) is 21.0 Å². The Hall–Kier alpha value is 6.77. The van der Waals surface area contributed by atoms with Crippen molar-refractivity contribution in [2.24, 2.45) is 0 Å². The van der Waals surface area contributed by atoms with Gasteiger partial charge >= 0.3 is 0 Å². The summed E-state index contributed by atoms with van der Waals surface area (Å²) in [4.78, 5) is 0. The second-order valence-electron chi connectivity index (χ2n) is 2.18. The van der Waals surface area contributed by atoms with Gasteiger partial charge in [-0.1, -0.05) is 33.8 Å². The smallest absolute Gasteiger partial charge is 0.106 e. The molecule has 0 heterocycles. The molecular weight excluding hydrogens is 612 g/mol. The Morgan fingerprint density at radius 3 is 1.76 bits per heavy atom. The molecule has 17 heavy (non-hydrogen) atoms. The number of hydrogen-bond donors (Lipinski definition) is 0. The Morgan fingerprint density at radius 1 is 1.06 bits per heavy atom. The lowest BCUT2D eigenvalue weighted by Gasteiger charge is -2.38. The van der Waals surface area contributed by atoms with Crippen molar-refractivity contribution >= 4 is 142 Å². The molecule has 0 aliphatic carbocycles. The molecule has 10 atom stereocenters. The summed E-state index contributed by atoms with van der Waals surface area (Å²) in [6.07, 6.45) is 0. The van der Waals surface area contributed by atoms with Gasteiger partial charge in [-0.2, -0.15) is 0 Å². The Kier molecular flexibility index (Phi) is 19.6. The van der Waals surface area contributed by atoms with Crippen LogP contribution in [0.25, 0.3) is 0 Å². The van der Waals surface area contributed by atoms with Gasteiger partial charge in [-0.3, -0.25) is 0 Å². The van der Waals surface area contributed by atoms with E-state index in [9.17, 15) is 4.20 Å². The lowest BCUT2D eigenvalue weighted by atomic mass is 18.9. The summed E-state index contributed by atoms with van der Waals surface area (Å²) < 4.78 is 13.3. The van der Waals surface area contributed by atoms with Crippen molar-refractivity contribution in [1.29, 1.82) is 0 Å². The zero-order valence-corrected chi connectivity index (χ0v) is 25.2. The van der Waals surface area contributed by atoms with Crippen LogP contribution in [0.15, 0.2) is 0 Å². The molecule has 0 rings (SSSR count). The molecular formula is H12FIP14S. The zero-order chi connectivity index (χ0) is 13.6. The van der Waals surface area contributed by atoms with E-state index in [4.69, 9.17) is 11.8 Å². The highest BCUT2D eigenvalue weighted by Gasteiger charge is 2.37. The molecule has 10 unspecified atom stereocenters. The molecule has 0 fully saturated rings. The van der Waals surface area contributed by atoms with Gasteiger partial charge in [-0.25, -0.2) is 4.20 Å². The van der Waals surface area contributed by atoms with Gasteiger partial charge in [0.2, 0.25) is 0 Å². The summed E-state index contributed by atoms with van der Waals surface area (Å²) in [7, 11) is 15.5. The predicted molar refractivity (Wildman–Crippen MR) is 136 cm³/mol. The van der Waals surface area contributed by atoms with E-state index < -0.39 is 15.6 Å². The molecule has 0 saturated carbocycles. The van der Waals surface area contributed by atoms with Gasteiger partial charge in [0.1, 0.15) is 8.58 Å². The highest BCUT2D eigenvalue weighted by molar-refractivity contribution is 14.2. The van der Waals surface area contributed by atoms with Gasteiger partial charge in [-0.15, -0.1) is 44.6 Å². The number of rotatable bonds is 8. The first-order valence-corrected chi connectivity index (χ1v) is 32.5. The highest BCUT2D eigenvalue weighted by atomic mass is 127. The third kappa shape index (κ3) is 9.15. The second-order valence-corrected chi connectivity index (χ2v) is 60.2. The van der Waals surface area contributed by atoms with E-state index >= 15 is 0 Å². The molecule has 0 nitrogen and oxygen atoms in total. The van der Waals surface area contributed by atoms with Crippen molar-refractivity contribution in [2.75, 3.05) is 0 Å². The fourth-order valence-electron chi connectivity index (χ4n) is 0.673. The average Bonchev–Trinajstić information content (AvgIpc) is 2.27. The quantitative estimate of drug-likeness (QED) is 0.192. The van der Waals surface area contributed by atoms with Crippen molar-refractivity contribution in [1.82, 2.24) is 0 Å². The third-order valence-corrected chi connectivity index (χ3v) is 99.7. The molecule has 0 spiro atoms. The summed E-state index contributed by atoms with van der Waals surface area (Å²) in [6, 6.07) is 0. The van der Waals surface area contributed by atoms with Crippen molar-refractivity contribution in [3.8, 4) is 0 Å². The molecule has 0 N–H and O–H groups in total. The minimum atomic E-state index is -0.538. The van der Waals surface area contributed by atoms with Crippen LogP contribution in [0.1, 0.15) is 0 Å². The Morgan fingerprint density at radius 2 is 1.53 bits per heavy atom. The molecule has 0 aromatic heterocycles. The molecule has 102 valence electrons. The maximum absolute atomic E-state index is 13.3. The average molecular weight is 624 g/mol. The van der Waals surface area contributed by atoms with Gasteiger partial charge in [0.15, 0.2) is 0 Å². The van der Waals surface area contributed by atoms with Crippen LogP contribution in [0, 0.1) is 0 Å². The molecule has 0 amide bonds. The molecule has 0 saturated heterocycles. The number of halogens is 2. The van der Waals surface area contributed by atoms with Gasteiger partial charge in [0.25, 0.3) is 0 Å². The third-order valence-electron chi connectivity index (χ3n) is 1.17. The molecule has 0 aromatic rings. The maximum atomic E-state index is 13.3. The van der Waals surface area contributed by atoms with E-state index in [-0.39, 0.29) is 34.9 Å². The largest absolute Gasteiger partial charge is 0.225 e. The van der Waals surface area contributed by atoms with Crippen LogP contribution in [0.5, 0.6) is 0 Å². The minimum Gasteiger partial charge on any atom is -0.225 e.